The Kier molecular flexibility index (Phi) is 2.93. The van der Waals surface area contributed by atoms with Crippen molar-refractivity contribution in [2.24, 2.45) is 0 Å². The first-order chi connectivity index (χ1) is 4.84. The molecule has 0 aliphatic heterocycles. The molecule has 1 heteroatoms. The van der Waals surface area contributed by atoms with Gasteiger partial charge in [-0.25, -0.2) is 0 Å². The van der Waals surface area contributed by atoms with Gasteiger partial charge in [0.15, 0.2) is 0 Å². The fraction of sp³-hybridized carbons (Fsp3) is 0.111. The van der Waals surface area contributed by atoms with Crippen molar-refractivity contribution in [1.82, 2.24) is 0 Å². The molecule has 0 atom stereocenters. The van der Waals surface area contributed by atoms with Gasteiger partial charge in [-0.15, -0.1) is 0 Å². The summed E-state index contributed by atoms with van der Waals surface area (Å²) in [5.74, 6) is 0. The van der Waals surface area contributed by atoms with Gasteiger partial charge in [-0.3, -0.25) is 0 Å². The molecule has 0 aromatic heterocycles. The van der Waals surface area contributed by atoms with E-state index in [1.165, 1.54) is 9.14 Å². The van der Waals surface area contributed by atoms with Crippen molar-refractivity contribution in [2.75, 3.05) is 4.93 Å². The van der Waals surface area contributed by atoms with Gasteiger partial charge in [0, 0.05) is 0 Å². The van der Waals surface area contributed by atoms with Gasteiger partial charge in [0.1, 0.15) is 0 Å². The monoisotopic (exact) mass is 245 g/mol. The molecule has 0 radical (unpaired) electrons. The topological polar surface area (TPSA) is 0 Å². The van der Waals surface area contributed by atoms with Crippen LogP contribution in [0.3, 0.4) is 0 Å². The van der Waals surface area contributed by atoms with Crippen molar-refractivity contribution in [1.29, 1.82) is 0 Å². The van der Waals surface area contributed by atoms with Crippen molar-refractivity contribution < 1.29 is 21.2 Å². The summed E-state index contributed by atoms with van der Waals surface area (Å²) in [5, 5.41) is 0. The molecular formula is C9H10I-. The molecule has 0 fully saturated rings. The van der Waals surface area contributed by atoms with E-state index in [1.807, 2.05) is 6.07 Å². The van der Waals surface area contributed by atoms with Gasteiger partial charge >= 0.3 is 72.2 Å². The molecule has 0 nitrogen and oxygen atoms in total. The zero-order valence-electron chi connectivity index (χ0n) is 5.97. The van der Waals surface area contributed by atoms with E-state index in [9.17, 15) is 0 Å². The van der Waals surface area contributed by atoms with Crippen molar-refractivity contribution >= 4 is 3.58 Å². The van der Waals surface area contributed by atoms with E-state index in [0.29, 0.717) is 0 Å². The van der Waals surface area contributed by atoms with Crippen molar-refractivity contribution in [2.45, 2.75) is 0 Å². The molecule has 54 valence electrons. The summed E-state index contributed by atoms with van der Waals surface area (Å²) in [6.07, 6.45) is 0. The molecular weight excluding hydrogens is 235 g/mol. The summed E-state index contributed by atoms with van der Waals surface area (Å²) in [6, 6.07) is 10.4. The Balaban J connectivity index is 2.85. The molecule has 0 spiro atoms. The van der Waals surface area contributed by atoms with Gasteiger partial charge in [0.05, 0.1) is 0 Å². The fourth-order valence-electron chi connectivity index (χ4n) is 0.728. The standard InChI is InChI=1S/C9H10I/c1-8(10-2)9-6-4-3-5-7-9/h3-7H,1H2,2H3/q-1. The predicted molar refractivity (Wildman–Crippen MR) is 41.4 cm³/mol. The van der Waals surface area contributed by atoms with Crippen LogP contribution in [0, 0.1) is 0 Å². The van der Waals surface area contributed by atoms with Crippen LogP contribution in [0.4, 0.5) is 0 Å². The molecule has 0 bridgehead atoms. The van der Waals surface area contributed by atoms with Crippen LogP contribution in [0.2, 0.25) is 0 Å². The van der Waals surface area contributed by atoms with Gasteiger partial charge < -0.3 is 0 Å². The van der Waals surface area contributed by atoms with E-state index < -0.39 is 0 Å². The first-order valence-electron chi connectivity index (χ1n) is 3.08. The van der Waals surface area contributed by atoms with Crippen LogP contribution < -0.4 is 21.2 Å². The van der Waals surface area contributed by atoms with E-state index >= 15 is 0 Å². The van der Waals surface area contributed by atoms with Crippen molar-refractivity contribution in [3.63, 3.8) is 0 Å². The van der Waals surface area contributed by atoms with E-state index in [0.717, 1.165) is 0 Å². The SMILES string of the molecule is C=C([I-]C)c1ccccc1. The zero-order chi connectivity index (χ0) is 7.40. The van der Waals surface area contributed by atoms with Crippen LogP contribution in [-0.2, 0) is 0 Å². The van der Waals surface area contributed by atoms with Gasteiger partial charge in [-0.1, -0.05) is 0 Å². The number of hydrogen-bond acceptors (Lipinski definition) is 0. The first-order valence-corrected chi connectivity index (χ1v) is 6.32. The third kappa shape index (κ3) is 1.84. The van der Waals surface area contributed by atoms with Crippen LogP contribution in [0.1, 0.15) is 5.56 Å². The molecule has 0 saturated carbocycles. The van der Waals surface area contributed by atoms with Crippen LogP contribution in [0.5, 0.6) is 0 Å². The molecule has 0 heterocycles. The van der Waals surface area contributed by atoms with E-state index in [2.05, 4.69) is 35.8 Å². The number of benzene rings is 1. The summed E-state index contributed by atoms with van der Waals surface area (Å²) in [4.78, 5) is 2.23. The average Bonchev–Trinajstić information content (AvgIpc) is 2.05. The van der Waals surface area contributed by atoms with Gasteiger partial charge in [-0.2, -0.15) is 0 Å². The quantitative estimate of drug-likeness (QED) is 0.481. The molecule has 1 aromatic rings. The molecule has 0 aliphatic rings. The third-order valence-corrected chi connectivity index (χ3v) is 3.24. The fourth-order valence-corrected chi connectivity index (χ4v) is 1.71. The molecule has 10 heavy (non-hydrogen) atoms. The van der Waals surface area contributed by atoms with E-state index in [-0.39, 0.29) is 21.2 Å². The molecule has 0 aliphatic carbocycles. The van der Waals surface area contributed by atoms with Crippen molar-refractivity contribution in [3.8, 4) is 0 Å². The Morgan fingerprint density at radius 2 is 1.90 bits per heavy atom. The van der Waals surface area contributed by atoms with Crippen LogP contribution in [-0.4, -0.2) is 4.93 Å². The average molecular weight is 245 g/mol. The van der Waals surface area contributed by atoms with Gasteiger partial charge in [-0.05, 0) is 0 Å². The summed E-state index contributed by atoms with van der Waals surface area (Å²) in [6.45, 7) is 3.99. The van der Waals surface area contributed by atoms with Crippen LogP contribution in [0.15, 0.2) is 36.9 Å². The van der Waals surface area contributed by atoms with E-state index in [4.69, 9.17) is 0 Å². The Hall–Kier alpha value is -0.310. The summed E-state index contributed by atoms with van der Waals surface area (Å²) in [5.41, 5.74) is 1.30. The summed E-state index contributed by atoms with van der Waals surface area (Å²) < 4.78 is 1.32. The molecule has 0 N–H and O–H groups in total. The Labute approximate surface area is 72.2 Å². The third-order valence-electron chi connectivity index (χ3n) is 1.32. The number of rotatable bonds is 2. The first kappa shape index (κ1) is 7.79. The Morgan fingerprint density at radius 3 is 2.40 bits per heavy atom. The predicted octanol–water partition coefficient (Wildman–Crippen LogP) is -0.624. The van der Waals surface area contributed by atoms with Crippen molar-refractivity contribution in [3.05, 3.63) is 42.5 Å². The maximum absolute atomic E-state index is 3.99. The number of alkyl halides is 1. The van der Waals surface area contributed by atoms with Crippen LogP contribution >= 0.6 is 0 Å². The minimum absolute atomic E-state index is 0.172. The molecule has 1 rings (SSSR count). The van der Waals surface area contributed by atoms with Gasteiger partial charge in [0.25, 0.3) is 0 Å². The van der Waals surface area contributed by atoms with Crippen LogP contribution in [0.25, 0.3) is 3.58 Å². The second-order valence-corrected chi connectivity index (χ2v) is 4.34. The number of hydrogen-bond donors (Lipinski definition) is 0. The zero-order valence-corrected chi connectivity index (χ0v) is 8.13. The molecule has 1 aromatic carbocycles. The molecule has 0 saturated heterocycles. The minimum atomic E-state index is 0.172. The van der Waals surface area contributed by atoms with Gasteiger partial charge in [0.2, 0.25) is 0 Å². The summed E-state index contributed by atoms with van der Waals surface area (Å²) in [7, 11) is 0. The summed E-state index contributed by atoms with van der Waals surface area (Å²) >= 11 is 0.172. The maximum atomic E-state index is 3.99. The molecule has 0 amide bonds. The Morgan fingerprint density at radius 1 is 1.30 bits per heavy atom. The molecule has 0 unspecified atom stereocenters. The Bertz CT molecular complexity index is 213. The second kappa shape index (κ2) is 3.76. The normalized spacial score (nSPS) is 9.70. The van der Waals surface area contributed by atoms with E-state index in [1.54, 1.807) is 0 Å². The second-order valence-electron chi connectivity index (χ2n) is 1.96. The number of halogens is 1.